The van der Waals surface area contributed by atoms with E-state index in [4.69, 9.17) is 0 Å². The van der Waals surface area contributed by atoms with Crippen molar-refractivity contribution < 1.29 is 4.79 Å². The average Bonchev–Trinajstić information content (AvgIpc) is 3.05. The van der Waals surface area contributed by atoms with Gasteiger partial charge in [-0.3, -0.25) is 4.79 Å². The summed E-state index contributed by atoms with van der Waals surface area (Å²) in [4.78, 5) is 16.4. The van der Waals surface area contributed by atoms with Gasteiger partial charge in [-0.25, -0.2) is 4.98 Å². The summed E-state index contributed by atoms with van der Waals surface area (Å²) in [7, 11) is 3.79. The van der Waals surface area contributed by atoms with Crippen LogP contribution in [0.1, 0.15) is 31.6 Å². The molecule has 8 heteroatoms. The highest BCUT2D eigenvalue weighted by Gasteiger charge is 2.18. The zero-order valence-electron chi connectivity index (χ0n) is 12.5. The monoisotopic (exact) mass is 308 g/mol. The zero-order valence-corrected chi connectivity index (χ0v) is 13.3. The molecule has 0 unspecified atom stereocenters. The summed E-state index contributed by atoms with van der Waals surface area (Å²) in [6, 6.07) is -0.0532. The molecule has 1 amide bonds. The minimum absolute atomic E-state index is 0.0237. The van der Waals surface area contributed by atoms with Gasteiger partial charge in [0.05, 0.1) is 11.8 Å². The predicted octanol–water partition coefficient (Wildman–Crippen LogP) is 1.30. The normalized spacial score (nSPS) is 12.3. The molecule has 7 nitrogen and oxygen atoms in total. The highest BCUT2D eigenvalue weighted by molar-refractivity contribution is 7.99. The molecule has 2 aromatic heterocycles. The molecule has 0 aromatic carbocycles. The van der Waals surface area contributed by atoms with E-state index in [1.165, 1.54) is 11.8 Å². The summed E-state index contributed by atoms with van der Waals surface area (Å²) >= 11 is 1.37. The number of amides is 1. The van der Waals surface area contributed by atoms with E-state index in [1.54, 1.807) is 17.1 Å². The van der Waals surface area contributed by atoms with Gasteiger partial charge in [0.15, 0.2) is 5.16 Å². The van der Waals surface area contributed by atoms with Crippen molar-refractivity contribution >= 4 is 17.7 Å². The Kier molecular flexibility index (Phi) is 5.38. The Hall–Kier alpha value is -1.83. The molecule has 114 valence electrons. The first kappa shape index (κ1) is 15.6. The first-order valence-electron chi connectivity index (χ1n) is 6.85. The summed E-state index contributed by atoms with van der Waals surface area (Å²) in [6.07, 6.45) is 7.10. The predicted molar refractivity (Wildman–Crippen MR) is 80.7 cm³/mol. The number of nitrogens with zero attached hydrogens (tertiary/aromatic N) is 5. The number of thioether (sulfide) groups is 1. The number of carbonyl (C=O) groups is 1. The van der Waals surface area contributed by atoms with Crippen molar-refractivity contribution in [3.05, 3.63) is 24.5 Å². The van der Waals surface area contributed by atoms with Crippen molar-refractivity contribution in [1.82, 2.24) is 29.6 Å². The summed E-state index contributed by atoms with van der Waals surface area (Å²) in [5.74, 6) is 1.18. The van der Waals surface area contributed by atoms with Crippen LogP contribution >= 0.6 is 11.8 Å². The molecule has 0 radical (unpaired) electrons. The van der Waals surface area contributed by atoms with Crippen molar-refractivity contribution in [2.24, 2.45) is 14.1 Å². The summed E-state index contributed by atoms with van der Waals surface area (Å²) in [6.45, 7) is 2.09. The molecule has 0 spiro atoms. The van der Waals surface area contributed by atoms with E-state index in [9.17, 15) is 4.79 Å². The molecule has 0 aliphatic carbocycles. The molecule has 0 bridgehead atoms. The Bertz CT molecular complexity index is 593. The van der Waals surface area contributed by atoms with Crippen molar-refractivity contribution in [3.63, 3.8) is 0 Å². The van der Waals surface area contributed by atoms with E-state index in [1.807, 2.05) is 24.9 Å². The van der Waals surface area contributed by atoms with Crippen LogP contribution in [0.3, 0.4) is 0 Å². The lowest BCUT2D eigenvalue weighted by Crippen LogP contribution is -2.31. The molecule has 0 saturated heterocycles. The highest BCUT2D eigenvalue weighted by atomic mass is 32.2. The van der Waals surface area contributed by atoms with E-state index < -0.39 is 0 Å². The molecule has 0 aliphatic rings. The van der Waals surface area contributed by atoms with Gasteiger partial charge in [0.25, 0.3) is 0 Å². The van der Waals surface area contributed by atoms with Gasteiger partial charge in [-0.2, -0.15) is 0 Å². The SMILES string of the molecule is CCC[C@@H](NC(=O)CSc1nncn1C)c1nccn1C. The van der Waals surface area contributed by atoms with Gasteiger partial charge in [-0.15, -0.1) is 10.2 Å². The zero-order chi connectivity index (χ0) is 15.2. The lowest BCUT2D eigenvalue weighted by molar-refractivity contribution is -0.119. The van der Waals surface area contributed by atoms with E-state index >= 15 is 0 Å². The Balaban J connectivity index is 1.93. The second kappa shape index (κ2) is 7.26. The van der Waals surface area contributed by atoms with Crippen LogP contribution in [0.25, 0.3) is 0 Å². The molecule has 2 heterocycles. The third-order valence-electron chi connectivity index (χ3n) is 3.08. The smallest absolute Gasteiger partial charge is 0.231 e. The summed E-state index contributed by atoms with van der Waals surface area (Å²) < 4.78 is 3.73. The number of imidazole rings is 1. The van der Waals surface area contributed by atoms with Crippen molar-refractivity contribution in [2.75, 3.05) is 5.75 Å². The molecule has 0 fully saturated rings. The molecule has 1 atom stereocenters. The van der Waals surface area contributed by atoms with Gasteiger partial charge < -0.3 is 14.5 Å². The van der Waals surface area contributed by atoms with E-state index in [0.29, 0.717) is 5.75 Å². The molecule has 2 rings (SSSR count). The third-order valence-corrected chi connectivity index (χ3v) is 4.12. The Morgan fingerprint density at radius 3 is 2.81 bits per heavy atom. The first-order valence-corrected chi connectivity index (χ1v) is 7.83. The van der Waals surface area contributed by atoms with Crippen molar-refractivity contribution in [3.8, 4) is 0 Å². The molecule has 0 aliphatic heterocycles. The van der Waals surface area contributed by atoms with Crippen LogP contribution < -0.4 is 5.32 Å². The van der Waals surface area contributed by atoms with Crippen LogP contribution in [0.15, 0.2) is 23.9 Å². The number of nitrogens with one attached hydrogen (secondary N) is 1. The first-order chi connectivity index (χ1) is 10.1. The third kappa shape index (κ3) is 4.07. The van der Waals surface area contributed by atoms with Crippen LogP contribution in [0.2, 0.25) is 0 Å². The highest BCUT2D eigenvalue weighted by Crippen LogP contribution is 2.18. The van der Waals surface area contributed by atoms with Crippen molar-refractivity contribution in [2.45, 2.75) is 31.0 Å². The van der Waals surface area contributed by atoms with Gasteiger partial charge in [-0.05, 0) is 6.42 Å². The summed E-state index contributed by atoms with van der Waals surface area (Å²) in [5, 5.41) is 11.5. The van der Waals surface area contributed by atoms with Crippen LogP contribution in [-0.4, -0.2) is 36.0 Å². The van der Waals surface area contributed by atoms with Gasteiger partial charge in [-0.1, -0.05) is 25.1 Å². The number of aryl methyl sites for hydroxylation is 2. The second-order valence-electron chi connectivity index (χ2n) is 4.82. The molecular formula is C13H20N6OS. The van der Waals surface area contributed by atoms with Crippen LogP contribution in [0, 0.1) is 0 Å². The van der Waals surface area contributed by atoms with E-state index in [2.05, 4.69) is 27.4 Å². The van der Waals surface area contributed by atoms with Gasteiger partial charge in [0.1, 0.15) is 12.2 Å². The Morgan fingerprint density at radius 2 is 2.24 bits per heavy atom. The van der Waals surface area contributed by atoms with Gasteiger partial charge >= 0.3 is 0 Å². The fraction of sp³-hybridized carbons (Fsp3) is 0.538. The van der Waals surface area contributed by atoms with Crippen LogP contribution in [-0.2, 0) is 18.9 Å². The number of hydrogen-bond donors (Lipinski definition) is 1. The van der Waals surface area contributed by atoms with Gasteiger partial charge in [0.2, 0.25) is 5.91 Å². The Morgan fingerprint density at radius 1 is 1.43 bits per heavy atom. The minimum Gasteiger partial charge on any atom is -0.345 e. The quantitative estimate of drug-likeness (QED) is 0.780. The summed E-state index contributed by atoms with van der Waals surface area (Å²) in [5.41, 5.74) is 0. The standard InChI is InChI=1S/C13H20N6OS/c1-4-5-10(12-14-6-7-18(12)2)16-11(20)8-21-13-17-15-9-19(13)3/h6-7,9-10H,4-5,8H2,1-3H3,(H,16,20)/t10-/m1/s1. The molecule has 2 aromatic rings. The molecule has 1 N–H and O–H groups in total. The number of rotatable bonds is 7. The lowest BCUT2D eigenvalue weighted by Gasteiger charge is -2.17. The largest absolute Gasteiger partial charge is 0.345 e. The Labute approximate surface area is 128 Å². The van der Waals surface area contributed by atoms with E-state index in [0.717, 1.165) is 23.8 Å². The van der Waals surface area contributed by atoms with Crippen LogP contribution in [0.5, 0.6) is 0 Å². The van der Waals surface area contributed by atoms with E-state index in [-0.39, 0.29) is 11.9 Å². The maximum absolute atomic E-state index is 12.1. The molecule has 21 heavy (non-hydrogen) atoms. The van der Waals surface area contributed by atoms with Crippen LogP contribution in [0.4, 0.5) is 0 Å². The minimum atomic E-state index is -0.0532. The fourth-order valence-corrected chi connectivity index (χ4v) is 2.74. The van der Waals surface area contributed by atoms with Crippen molar-refractivity contribution in [1.29, 1.82) is 0 Å². The molecule has 0 saturated carbocycles. The maximum Gasteiger partial charge on any atom is 0.231 e. The average molecular weight is 308 g/mol. The number of hydrogen-bond acceptors (Lipinski definition) is 5. The number of carbonyl (C=O) groups excluding carboxylic acids is 1. The fourth-order valence-electron chi connectivity index (χ4n) is 2.04. The lowest BCUT2D eigenvalue weighted by atomic mass is 10.1. The van der Waals surface area contributed by atoms with Gasteiger partial charge in [0, 0.05) is 26.5 Å². The topological polar surface area (TPSA) is 77.6 Å². The number of aromatic nitrogens is 5. The second-order valence-corrected chi connectivity index (χ2v) is 5.76. The maximum atomic E-state index is 12.1. The molecular weight excluding hydrogens is 288 g/mol.